The lowest BCUT2D eigenvalue weighted by Gasteiger charge is -2.18. The summed E-state index contributed by atoms with van der Waals surface area (Å²) in [4.78, 5) is 0. The second-order valence-electron chi connectivity index (χ2n) is 13.2. The minimum Gasteiger partial charge on any atom is -0.455 e. The molecule has 10 rings (SSSR count). The van der Waals surface area contributed by atoms with Crippen molar-refractivity contribution in [2.75, 3.05) is 0 Å². The number of furan rings is 2. The third-order valence-electron chi connectivity index (χ3n) is 10.3. The van der Waals surface area contributed by atoms with Crippen molar-refractivity contribution in [1.82, 2.24) is 0 Å². The normalized spacial score (nSPS) is 12.0. The first-order valence-corrected chi connectivity index (χ1v) is 17.4. The van der Waals surface area contributed by atoms with Gasteiger partial charge in [0.15, 0.2) is 0 Å². The number of hydrogen-bond donors (Lipinski definition) is 0. The molecule has 0 N–H and O–H groups in total. The van der Waals surface area contributed by atoms with E-state index in [0.717, 1.165) is 66.3 Å². The first kappa shape index (κ1) is 29.3. The first-order chi connectivity index (χ1) is 25.2. The largest absolute Gasteiger partial charge is 0.455 e. The van der Waals surface area contributed by atoms with Crippen molar-refractivity contribution in [2.24, 2.45) is 0 Å². The van der Waals surface area contributed by atoms with Gasteiger partial charge in [-0.05, 0) is 92.0 Å². The maximum Gasteiger partial charge on any atom is 0.143 e. The van der Waals surface area contributed by atoms with Crippen LogP contribution in [0.2, 0.25) is 0 Å². The molecule has 2 heterocycles. The number of fused-ring (bicyclic) bond motifs is 8. The van der Waals surface area contributed by atoms with Gasteiger partial charge in [-0.25, -0.2) is 0 Å². The monoisotopic (exact) mass is 652 g/mol. The summed E-state index contributed by atoms with van der Waals surface area (Å²) < 4.78 is 12.9. The first-order valence-electron chi connectivity index (χ1n) is 17.4. The highest BCUT2D eigenvalue weighted by Gasteiger charge is 2.20. The molecule has 2 heteroatoms. The SMILES string of the molecule is C=Cc1oc2c(-c3cccc(-c4c5ccccc5c(-c5ccc6oc7c8ccccc8ccc7c6c5)c5ccccc45)c3)cccc2c1/C=C\C. The smallest absolute Gasteiger partial charge is 0.143 e. The number of allylic oxidation sites excluding steroid dienone is 1. The van der Waals surface area contributed by atoms with Gasteiger partial charge in [0.2, 0.25) is 0 Å². The van der Waals surface area contributed by atoms with Crippen LogP contribution in [0, 0.1) is 0 Å². The van der Waals surface area contributed by atoms with Crippen molar-refractivity contribution < 1.29 is 8.83 Å². The molecule has 0 atom stereocenters. The van der Waals surface area contributed by atoms with Crippen molar-refractivity contribution in [2.45, 2.75) is 6.92 Å². The molecule has 0 aliphatic carbocycles. The second-order valence-corrected chi connectivity index (χ2v) is 13.2. The molecule has 0 amide bonds. The zero-order chi connectivity index (χ0) is 34.1. The van der Waals surface area contributed by atoms with E-state index < -0.39 is 0 Å². The summed E-state index contributed by atoms with van der Waals surface area (Å²) in [5.74, 6) is 0.786. The average molecular weight is 653 g/mol. The number of rotatable bonds is 5. The van der Waals surface area contributed by atoms with Crippen molar-refractivity contribution >= 4 is 77.4 Å². The maximum atomic E-state index is 6.49. The van der Waals surface area contributed by atoms with E-state index in [1.54, 1.807) is 6.08 Å². The standard InChI is InChI=1S/C49H32O2/c1-3-13-36-41-23-12-22-35(49(41)50-44(36)4-2)31-15-11-16-32(28-31)46-37-18-7-9-20-39(37)47(40-21-10-8-19-38(40)46)33-25-27-45-43(29-33)42-26-24-30-14-5-6-17-34(30)48(42)51-45/h3-29H,2H2,1H3/b13-3-. The number of hydrogen-bond acceptors (Lipinski definition) is 2. The van der Waals surface area contributed by atoms with Gasteiger partial charge in [0.25, 0.3) is 0 Å². The molecule has 0 aliphatic heterocycles. The molecule has 0 radical (unpaired) electrons. The van der Waals surface area contributed by atoms with Crippen LogP contribution in [-0.4, -0.2) is 0 Å². The van der Waals surface area contributed by atoms with E-state index in [9.17, 15) is 0 Å². The Hall–Kier alpha value is -6.64. The van der Waals surface area contributed by atoms with Gasteiger partial charge in [-0.15, -0.1) is 0 Å². The van der Waals surface area contributed by atoms with E-state index >= 15 is 0 Å². The summed E-state index contributed by atoms with van der Waals surface area (Å²) in [7, 11) is 0. The minimum atomic E-state index is 0.786. The molecule has 0 aliphatic rings. The summed E-state index contributed by atoms with van der Waals surface area (Å²) in [6, 6.07) is 52.4. The molecular weight excluding hydrogens is 621 g/mol. The van der Waals surface area contributed by atoms with Gasteiger partial charge >= 0.3 is 0 Å². The second kappa shape index (κ2) is 11.5. The molecule has 0 saturated carbocycles. The van der Waals surface area contributed by atoms with Gasteiger partial charge in [-0.3, -0.25) is 0 Å². The van der Waals surface area contributed by atoms with Crippen LogP contribution >= 0.6 is 0 Å². The lowest BCUT2D eigenvalue weighted by atomic mass is 9.85. The highest BCUT2D eigenvalue weighted by molar-refractivity contribution is 6.23. The predicted octanol–water partition coefficient (Wildman–Crippen LogP) is 14.5. The van der Waals surface area contributed by atoms with Crippen molar-refractivity contribution in [3.05, 3.63) is 170 Å². The van der Waals surface area contributed by atoms with E-state index in [-0.39, 0.29) is 0 Å². The molecule has 2 aromatic heterocycles. The zero-order valence-electron chi connectivity index (χ0n) is 28.1. The van der Waals surface area contributed by atoms with Crippen molar-refractivity contribution in [3.8, 4) is 33.4 Å². The maximum absolute atomic E-state index is 6.49. The molecular formula is C49H32O2. The molecule has 0 unspecified atom stereocenters. The Kier molecular flexibility index (Phi) is 6.59. The van der Waals surface area contributed by atoms with Crippen molar-refractivity contribution in [3.63, 3.8) is 0 Å². The fourth-order valence-corrected chi connectivity index (χ4v) is 8.13. The highest BCUT2D eigenvalue weighted by Crippen LogP contribution is 2.46. The summed E-state index contributed by atoms with van der Waals surface area (Å²) >= 11 is 0. The highest BCUT2D eigenvalue weighted by atomic mass is 16.3. The van der Waals surface area contributed by atoms with Gasteiger partial charge in [0.1, 0.15) is 22.5 Å². The van der Waals surface area contributed by atoms with Crippen molar-refractivity contribution in [1.29, 1.82) is 0 Å². The molecule has 0 bridgehead atoms. The fraction of sp³-hybridized carbons (Fsp3) is 0.0204. The quantitative estimate of drug-likeness (QED) is 0.173. The van der Waals surface area contributed by atoms with E-state index in [1.807, 2.05) is 13.0 Å². The summed E-state index contributed by atoms with van der Waals surface area (Å²) in [6.45, 7) is 6.04. The van der Waals surface area contributed by atoms with Gasteiger partial charge in [-0.1, -0.05) is 140 Å². The van der Waals surface area contributed by atoms with Crippen LogP contribution in [0.25, 0.3) is 111 Å². The lowest BCUT2D eigenvalue weighted by molar-refractivity contribution is 0.604. The number of benzene rings is 8. The topological polar surface area (TPSA) is 26.3 Å². The van der Waals surface area contributed by atoms with Gasteiger partial charge in [0, 0.05) is 32.7 Å². The summed E-state index contributed by atoms with van der Waals surface area (Å²) in [5, 5.41) is 10.5. The lowest BCUT2D eigenvalue weighted by Crippen LogP contribution is -1.91. The molecule has 10 aromatic rings. The van der Waals surface area contributed by atoms with E-state index in [2.05, 4.69) is 158 Å². The van der Waals surface area contributed by atoms with Crippen LogP contribution in [0.5, 0.6) is 0 Å². The van der Waals surface area contributed by atoms with E-state index in [0.29, 0.717) is 0 Å². The Bertz CT molecular complexity index is 3000. The summed E-state index contributed by atoms with van der Waals surface area (Å²) in [5.41, 5.74) is 10.7. The minimum absolute atomic E-state index is 0.786. The van der Waals surface area contributed by atoms with Crippen LogP contribution in [0.15, 0.2) is 167 Å². The third-order valence-corrected chi connectivity index (χ3v) is 10.3. The Morgan fingerprint density at radius 2 is 1.10 bits per heavy atom. The Labute approximate surface area is 295 Å². The van der Waals surface area contributed by atoms with Crippen LogP contribution < -0.4 is 0 Å². The molecule has 0 saturated heterocycles. The fourth-order valence-electron chi connectivity index (χ4n) is 8.13. The van der Waals surface area contributed by atoms with Gasteiger partial charge in [0.05, 0.1) is 0 Å². The molecule has 240 valence electrons. The Morgan fingerprint density at radius 3 is 1.80 bits per heavy atom. The van der Waals surface area contributed by atoms with Gasteiger partial charge in [-0.2, -0.15) is 0 Å². The third kappa shape index (κ3) is 4.43. The Balaban J connectivity index is 1.20. The summed E-state index contributed by atoms with van der Waals surface area (Å²) in [6.07, 6.45) is 5.93. The zero-order valence-corrected chi connectivity index (χ0v) is 28.1. The van der Waals surface area contributed by atoms with Crippen LogP contribution in [0.4, 0.5) is 0 Å². The predicted molar refractivity (Wildman–Crippen MR) is 217 cm³/mol. The Morgan fingerprint density at radius 1 is 0.471 bits per heavy atom. The van der Waals surface area contributed by atoms with E-state index in [4.69, 9.17) is 8.83 Å². The molecule has 2 nitrogen and oxygen atoms in total. The molecule has 0 fully saturated rings. The molecule has 8 aromatic carbocycles. The van der Waals surface area contributed by atoms with Gasteiger partial charge < -0.3 is 8.83 Å². The van der Waals surface area contributed by atoms with Crippen LogP contribution in [0.3, 0.4) is 0 Å². The van der Waals surface area contributed by atoms with E-state index in [1.165, 1.54) is 43.6 Å². The average Bonchev–Trinajstić information content (AvgIpc) is 3.75. The van der Waals surface area contributed by atoms with Crippen LogP contribution in [0.1, 0.15) is 18.2 Å². The molecule has 51 heavy (non-hydrogen) atoms. The molecule has 0 spiro atoms. The van der Waals surface area contributed by atoms with Crippen LogP contribution in [-0.2, 0) is 0 Å². The number of para-hydroxylation sites is 1.